The molecule has 268 valence electrons. The summed E-state index contributed by atoms with van der Waals surface area (Å²) >= 11 is 1.55. The Bertz CT molecular complexity index is 1940. The van der Waals surface area contributed by atoms with Crippen LogP contribution in [-0.4, -0.2) is 3.21 Å². The number of allylic oxidation sites excluding steroid dienone is 4. The van der Waals surface area contributed by atoms with Crippen molar-refractivity contribution in [3.05, 3.63) is 171 Å². The van der Waals surface area contributed by atoms with E-state index < -0.39 is 0 Å². The standard InChI is InChI=1S/C25H25.C15H14.C9H13.2ClH.Zr/c1-14-12-24(3,4)22-8-16-7-17-9-23-19(15(2)13-25(23,5)6)11-21(17)20(16)10-18(14)22;1-3-8-14(9-4-1)12-7-13-15-10-5-2-6-11-15;1-9(2,3)8-6-4-5-7-8;;;/h8-12H,7H2,1-6H3;1-6,8-11H,12-13H2;4-7H,1-3H3;2*1H;/q-1;;-1;;;+2/p-2. The molecule has 0 aromatic heterocycles. The van der Waals surface area contributed by atoms with Gasteiger partial charge in [0.25, 0.3) is 0 Å². The van der Waals surface area contributed by atoms with E-state index in [0.717, 1.165) is 19.3 Å². The summed E-state index contributed by atoms with van der Waals surface area (Å²) in [7, 11) is 0. The average molecular weight is 803 g/mol. The maximum absolute atomic E-state index is 3.65. The average Bonchev–Trinajstić information content (AvgIpc) is 3.81. The molecule has 0 bridgehead atoms. The first-order valence-electron chi connectivity index (χ1n) is 18.2. The van der Waals surface area contributed by atoms with E-state index in [1.54, 1.807) is 27.4 Å². The Hall–Kier alpha value is -2.96. The van der Waals surface area contributed by atoms with Crippen molar-refractivity contribution < 1.29 is 49.0 Å². The monoisotopic (exact) mass is 800 g/mol. The molecular formula is C49H52Cl2Zr-2. The summed E-state index contributed by atoms with van der Waals surface area (Å²) in [5.74, 6) is 0. The van der Waals surface area contributed by atoms with Gasteiger partial charge in [0, 0.05) is 5.41 Å². The molecule has 3 aliphatic carbocycles. The molecule has 0 aliphatic heterocycles. The molecule has 5 aromatic carbocycles. The first-order valence-corrected chi connectivity index (χ1v) is 19.4. The van der Waals surface area contributed by atoms with Gasteiger partial charge in [0.15, 0.2) is 0 Å². The van der Waals surface area contributed by atoms with Gasteiger partial charge in [0.1, 0.15) is 0 Å². The third-order valence-corrected chi connectivity index (χ3v) is 11.3. The van der Waals surface area contributed by atoms with Crippen LogP contribution in [-0.2, 0) is 59.7 Å². The number of fused-ring (bicyclic) bond motifs is 5. The molecule has 0 atom stereocenters. The quantitative estimate of drug-likeness (QED) is 0.183. The van der Waals surface area contributed by atoms with Gasteiger partial charge >= 0.3 is 112 Å². The molecule has 5 aromatic rings. The fourth-order valence-corrected chi connectivity index (χ4v) is 8.90. The van der Waals surface area contributed by atoms with E-state index in [-0.39, 0.29) is 35.6 Å². The van der Waals surface area contributed by atoms with Crippen molar-refractivity contribution in [2.75, 3.05) is 0 Å². The van der Waals surface area contributed by atoms with Gasteiger partial charge in [0.2, 0.25) is 0 Å². The maximum atomic E-state index is 3.65. The van der Waals surface area contributed by atoms with Crippen LogP contribution in [0.3, 0.4) is 0 Å². The van der Waals surface area contributed by atoms with Gasteiger partial charge in [0.05, 0.1) is 0 Å². The first kappa shape index (κ1) is 41.8. The summed E-state index contributed by atoms with van der Waals surface area (Å²) in [6.45, 7) is 20.4. The second kappa shape index (κ2) is 16.6. The van der Waals surface area contributed by atoms with Crippen molar-refractivity contribution in [2.45, 2.75) is 97.8 Å². The predicted molar refractivity (Wildman–Crippen MR) is 213 cm³/mol. The van der Waals surface area contributed by atoms with E-state index >= 15 is 0 Å². The summed E-state index contributed by atoms with van der Waals surface area (Å²) in [4.78, 5) is 0. The van der Waals surface area contributed by atoms with Gasteiger partial charge in [-0.25, -0.2) is 11.6 Å². The molecule has 0 nitrogen and oxygen atoms in total. The Balaban J connectivity index is 0.000000193. The zero-order chi connectivity index (χ0) is 35.8. The zero-order valence-electron chi connectivity index (χ0n) is 32.3. The van der Waals surface area contributed by atoms with E-state index in [9.17, 15) is 0 Å². The molecule has 0 saturated carbocycles. The van der Waals surface area contributed by atoms with Crippen molar-refractivity contribution in [1.82, 2.24) is 0 Å². The van der Waals surface area contributed by atoms with Crippen LogP contribution in [0.15, 0.2) is 115 Å². The number of rotatable bonds is 4. The van der Waals surface area contributed by atoms with Gasteiger partial charge in [-0.1, -0.05) is 84.4 Å². The second-order valence-electron chi connectivity index (χ2n) is 16.6. The van der Waals surface area contributed by atoms with E-state index in [1.165, 1.54) is 72.3 Å². The van der Waals surface area contributed by atoms with Crippen molar-refractivity contribution in [3.63, 3.8) is 0 Å². The van der Waals surface area contributed by atoms with Gasteiger partial charge in [-0.3, -0.25) is 6.08 Å². The normalized spacial score (nSPS) is 15.1. The zero-order valence-corrected chi connectivity index (χ0v) is 36.3. The molecule has 3 heteroatoms. The van der Waals surface area contributed by atoms with Gasteiger partial charge in [-0.05, 0) is 58.4 Å². The van der Waals surface area contributed by atoms with Crippen molar-refractivity contribution >= 4 is 14.4 Å². The van der Waals surface area contributed by atoms with E-state index in [4.69, 9.17) is 0 Å². The topological polar surface area (TPSA) is 0 Å². The molecule has 0 unspecified atom stereocenters. The van der Waals surface area contributed by atoms with Crippen LogP contribution in [0, 0.1) is 6.08 Å². The molecule has 3 aliphatic rings. The molecule has 8 rings (SSSR count). The van der Waals surface area contributed by atoms with Crippen molar-refractivity contribution in [3.8, 4) is 11.1 Å². The first-order chi connectivity index (χ1) is 23.6. The Morgan fingerprint density at radius 2 is 1.23 bits per heavy atom. The fourth-order valence-electron chi connectivity index (χ4n) is 7.90. The van der Waals surface area contributed by atoms with Crippen LogP contribution < -0.4 is 24.8 Å². The molecule has 0 heterocycles. The van der Waals surface area contributed by atoms with Crippen LogP contribution in [0.1, 0.15) is 112 Å². The van der Waals surface area contributed by atoms with E-state index in [1.807, 2.05) is 0 Å². The molecule has 0 spiro atoms. The summed E-state index contributed by atoms with van der Waals surface area (Å²) in [5.41, 5.74) is 19.1. The molecular weight excluding hydrogens is 751 g/mol. The molecule has 0 saturated heterocycles. The molecule has 0 fully saturated rings. The van der Waals surface area contributed by atoms with Crippen LogP contribution >= 0.6 is 0 Å². The van der Waals surface area contributed by atoms with Gasteiger partial charge in [-0.15, -0.1) is 11.6 Å². The number of halogens is 2. The summed E-state index contributed by atoms with van der Waals surface area (Å²) in [5, 5.41) is 0. The van der Waals surface area contributed by atoms with Crippen molar-refractivity contribution in [2.24, 2.45) is 0 Å². The number of hydrogen-bond acceptors (Lipinski definition) is 0. The Labute approximate surface area is 341 Å². The van der Waals surface area contributed by atoms with Gasteiger partial charge in [-0.2, -0.15) is 29.3 Å². The van der Waals surface area contributed by atoms with Crippen molar-refractivity contribution in [1.29, 1.82) is 0 Å². The Morgan fingerprint density at radius 3 is 1.71 bits per heavy atom. The second-order valence-corrected chi connectivity index (χ2v) is 18.3. The SMILES string of the molecule is CC(C)(C)c1cc[cH-]c1.CC1=[C-]C(C)(C)c2cc3c(cc21)-c1cc2c(cc1C3)C(C)(C)C=C2C.[Cl-].[Cl-].[Zr+2]=[C](Cc1ccccc1)Cc1ccccc1. The minimum atomic E-state index is 0. The summed E-state index contributed by atoms with van der Waals surface area (Å²) < 4.78 is 1.60. The van der Waals surface area contributed by atoms with Crippen LogP contribution in [0.5, 0.6) is 0 Å². The molecule has 0 radical (unpaired) electrons. The number of benzene rings is 4. The minimum absolute atomic E-state index is 0. The molecule has 52 heavy (non-hydrogen) atoms. The third kappa shape index (κ3) is 9.21. The fraction of sp³-hybridized carbons (Fsp3) is 0.306. The number of hydrogen-bond donors (Lipinski definition) is 0. The van der Waals surface area contributed by atoms with Crippen LogP contribution in [0.2, 0.25) is 0 Å². The predicted octanol–water partition coefficient (Wildman–Crippen LogP) is 6.35. The van der Waals surface area contributed by atoms with E-state index in [2.05, 4.69) is 184 Å². The molecule has 0 N–H and O–H groups in total. The van der Waals surface area contributed by atoms with E-state index in [0.29, 0.717) is 5.41 Å². The Kier molecular flexibility index (Phi) is 13.3. The summed E-state index contributed by atoms with van der Waals surface area (Å²) in [6.07, 6.45) is 9.37. The van der Waals surface area contributed by atoms with Gasteiger partial charge < -0.3 is 24.8 Å². The summed E-state index contributed by atoms with van der Waals surface area (Å²) in [6, 6.07) is 39.7. The Morgan fingerprint density at radius 1 is 0.712 bits per heavy atom. The molecule has 0 amide bonds. The third-order valence-electron chi connectivity index (χ3n) is 10.5. The van der Waals surface area contributed by atoms with Crippen LogP contribution in [0.25, 0.3) is 22.3 Å². The van der Waals surface area contributed by atoms with Crippen LogP contribution in [0.4, 0.5) is 0 Å².